The van der Waals surface area contributed by atoms with Gasteiger partial charge in [-0.05, 0) is 23.8 Å². The molecule has 1 aliphatic heterocycles. The van der Waals surface area contributed by atoms with Gasteiger partial charge in [-0.2, -0.15) is 0 Å². The molecule has 11 heavy (non-hydrogen) atoms. The van der Waals surface area contributed by atoms with Gasteiger partial charge in [0.25, 0.3) is 0 Å². The molecule has 3 atom stereocenters. The van der Waals surface area contributed by atoms with Crippen molar-refractivity contribution in [3.63, 3.8) is 0 Å². The van der Waals surface area contributed by atoms with E-state index in [1.54, 1.807) is 0 Å². The Labute approximate surface area is 69.8 Å². The third-order valence-electron chi connectivity index (χ3n) is 4.36. The number of piperidine rings is 1. The van der Waals surface area contributed by atoms with Crippen molar-refractivity contribution in [3.8, 4) is 0 Å². The predicted molar refractivity (Wildman–Crippen MR) is 47.5 cm³/mol. The minimum absolute atomic E-state index is 0.663. The number of fused-ring (bicyclic) bond motifs is 1. The number of rotatable bonds is 1. The molecule has 0 amide bonds. The van der Waals surface area contributed by atoms with Gasteiger partial charge >= 0.3 is 0 Å². The van der Waals surface area contributed by atoms with Crippen LogP contribution in [0.3, 0.4) is 0 Å². The van der Waals surface area contributed by atoms with Gasteiger partial charge in [0.2, 0.25) is 0 Å². The maximum absolute atomic E-state index is 2.48. The normalized spacial score (nSPS) is 56.2. The molecule has 1 heteroatoms. The summed E-state index contributed by atoms with van der Waals surface area (Å²) in [5.74, 6) is 1.01. The predicted octanol–water partition coefficient (Wildman–Crippen LogP) is 1.98. The molecule has 0 radical (unpaired) electrons. The van der Waals surface area contributed by atoms with Crippen LogP contribution in [0.4, 0.5) is 0 Å². The molecule has 2 rings (SSSR count). The molecule has 0 N–H and O–H groups in total. The van der Waals surface area contributed by atoms with E-state index >= 15 is 0 Å². The second-order valence-corrected chi connectivity index (χ2v) is 4.97. The molecule has 1 aliphatic carbocycles. The zero-order valence-corrected chi connectivity index (χ0v) is 8.15. The van der Waals surface area contributed by atoms with Gasteiger partial charge in [-0.15, -0.1) is 0 Å². The second kappa shape index (κ2) is 1.82. The van der Waals surface area contributed by atoms with Crippen LogP contribution in [0.5, 0.6) is 0 Å². The zero-order valence-electron chi connectivity index (χ0n) is 8.15. The first-order chi connectivity index (χ1) is 5.04. The molecule has 1 unspecified atom stereocenters. The van der Waals surface area contributed by atoms with E-state index in [1.165, 1.54) is 19.5 Å². The van der Waals surface area contributed by atoms with Crippen LogP contribution in [0.2, 0.25) is 0 Å². The first kappa shape index (κ1) is 7.60. The summed E-state index contributed by atoms with van der Waals surface area (Å²) in [4.78, 5) is 2.48. The van der Waals surface area contributed by atoms with E-state index in [9.17, 15) is 0 Å². The van der Waals surface area contributed by atoms with Crippen molar-refractivity contribution >= 4 is 0 Å². The lowest BCUT2D eigenvalue weighted by atomic mass is 10.0. The lowest BCUT2D eigenvalue weighted by Crippen LogP contribution is -2.23. The smallest absolute Gasteiger partial charge is 0.00412 e. The molecule has 64 valence electrons. The molecular weight excluding hydrogens is 134 g/mol. The highest BCUT2D eigenvalue weighted by molar-refractivity contribution is 5.22. The Morgan fingerprint density at radius 3 is 2.09 bits per heavy atom. The van der Waals surface area contributed by atoms with Crippen molar-refractivity contribution in [1.29, 1.82) is 0 Å². The second-order valence-electron chi connectivity index (χ2n) is 4.97. The largest absolute Gasteiger partial charge is 0.305 e. The summed E-state index contributed by atoms with van der Waals surface area (Å²) < 4.78 is 0. The van der Waals surface area contributed by atoms with E-state index in [0.717, 1.165) is 5.92 Å². The molecule has 0 bridgehead atoms. The molecule has 1 saturated heterocycles. The summed E-state index contributed by atoms with van der Waals surface area (Å²) in [5, 5.41) is 0. The van der Waals surface area contributed by atoms with E-state index in [0.29, 0.717) is 10.8 Å². The van der Waals surface area contributed by atoms with Crippen LogP contribution in [0.15, 0.2) is 0 Å². The first-order valence-electron chi connectivity index (χ1n) is 4.73. The number of nitrogens with zero attached hydrogens (tertiary/aromatic N) is 1. The Bertz CT molecular complexity index is 171. The highest BCUT2D eigenvalue weighted by Gasteiger charge is 2.72. The van der Waals surface area contributed by atoms with Gasteiger partial charge < -0.3 is 4.90 Å². The molecule has 0 spiro atoms. The zero-order chi connectivity index (χ0) is 8.28. The molecule has 0 aromatic heterocycles. The molecule has 1 heterocycles. The molecule has 0 aromatic rings. The van der Waals surface area contributed by atoms with Gasteiger partial charge in [0.1, 0.15) is 0 Å². The summed E-state index contributed by atoms with van der Waals surface area (Å²) in [6, 6.07) is 0. The average molecular weight is 153 g/mol. The van der Waals surface area contributed by atoms with E-state index in [-0.39, 0.29) is 0 Å². The summed E-state index contributed by atoms with van der Waals surface area (Å²) in [7, 11) is 2.25. The summed E-state index contributed by atoms with van der Waals surface area (Å²) >= 11 is 0. The fraction of sp³-hybridized carbons (Fsp3) is 1.00. The lowest BCUT2D eigenvalue weighted by molar-refractivity contribution is 0.294. The van der Waals surface area contributed by atoms with Crippen molar-refractivity contribution < 1.29 is 0 Å². The van der Waals surface area contributed by atoms with Crippen LogP contribution in [-0.2, 0) is 0 Å². The van der Waals surface area contributed by atoms with Crippen LogP contribution in [0.1, 0.15) is 27.2 Å². The number of likely N-dealkylation sites (tertiary alicyclic amines) is 1. The molecular formula is C10H19N. The van der Waals surface area contributed by atoms with Crippen molar-refractivity contribution in [3.05, 3.63) is 0 Å². The van der Waals surface area contributed by atoms with Crippen molar-refractivity contribution in [2.45, 2.75) is 27.2 Å². The Morgan fingerprint density at radius 1 is 1.27 bits per heavy atom. The van der Waals surface area contributed by atoms with E-state index in [1.807, 2.05) is 0 Å². The highest BCUT2D eigenvalue weighted by Crippen LogP contribution is 2.73. The summed E-state index contributed by atoms with van der Waals surface area (Å²) in [5.41, 5.74) is 1.33. The molecule has 0 aromatic carbocycles. The topological polar surface area (TPSA) is 3.24 Å². The fourth-order valence-corrected chi connectivity index (χ4v) is 3.73. The Hall–Kier alpha value is -0.0400. The van der Waals surface area contributed by atoms with Crippen LogP contribution in [0.25, 0.3) is 0 Å². The minimum atomic E-state index is 0.663. The van der Waals surface area contributed by atoms with Crippen molar-refractivity contribution in [2.75, 3.05) is 20.1 Å². The number of hydrogen-bond acceptors (Lipinski definition) is 1. The SMILES string of the molecule is CCC1[C@]2(C)CN(C)C[C@]12C. The van der Waals surface area contributed by atoms with Crippen LogP contribution in [0, 0.1) is 16.7 Å². The van der Waals surface area contributed by atoms with Gasteiger partial charge in [0.15, 0.2) is 0 Å². The van der Waals surface area contributed by atoms with Crippen LogP contribution < -0.4 is 0 Å². The maximum atomic E-state index is 2.48. The number of hydrogen-bond donors (Lipinski definition) is 0. The van der Waals surface area contributed by atoms with E-state index in [2.05, 4.69) is 32.7 Å². The Kier molecular flexibility index (Phi) is 1.26. The van der Waals surface area contributed by atoms with Gasteiger partial charge in [0.05, 0.1) is 0 Å². The van der Waals surface area contributed by atoms with Gasteiger partial charge in [-0.25, -0.2) is 0 Å². The van der Waals surface area contributed by atoms with Crippen LogP contribution >= 0.6 is 0 Å². The highest BCUT2D eigenvalue weighted by atomic mass is 15.2. The standard InChI is InChI=1S/C10H19N/c1-5-8-9(2)6-11(4)7-10(8,9)3/h8H,5-7H2,1-4H3/t8?,9-,10+. The fourth-order valence-electron chi connectivity index (χ4n) is 3.73. The van der Waals surface area contributed by atoms with E-state index < -0.39 is 0 Å². The Balaban J connectivity index is 2.19. The first-order valence-corrected chi connectivity index (χ1v) is 4.73. The monoisotopic (exact) mass is 153 g/mol. The van der Waals surface area contributed by atoms with Crippen molar-refractivity contribution in [1.82, 2.24) is 4.90 Å². The third kappa shape index (κ3) is 0.658. The molecule has 1 saturated carbocycles. The molecule has 2 fully saturated rings. The molecule has 2 aliphatic rings. The average Bonchev–Trinajstić information content (AvgIpc) is 2.15. The lowest BCUT2D eigenvalue weighted by Gasteiger charge is -2.16. The maximum Gasteiger partial charge on any atom is 0.00412 e. The van der Waals surface area contributed by atoms with Gasteiger partial charge in [0, 0.05) is 13.1 Å². The summed E-state index contributed by atoms with van der Waals surface area (Å²) in [6.45, 7) is 9.90. The van der Waals surface area contributed by atoms with Gasteiger partial charge in [-0.1, -0.05) is 27.2 Å². The van der Waals surface area contributed by atoms with Crippen molar-refractivity contribution in [2.24, 2.45) is 16.7 Å². The molecule has 1 nitrogen and oxygen atoms in total. The summed E-state index contributed by atoms with van der Waals surface area (Å²) in [6.07, 6.45) is 1.38. The quantitative estimate of drug-likeness (QED) is 0.557. The van der Waals surface area contributed by atoms with Crippen LogP contribution in [-0.4, -0.2) is 25.0 Å². The minimum Gasteiger partial charge on any atom is -0.305 e. The Morgan fingerprint density at radius 2 is 1.73 bits per heavy atom. The van der Waals surface area contributed by atoms with Gasteiger partial charge in [-0.3, -0.25) is 0 Å². The third-order valence-corrected chi connectivity index (χ3v) is 4.36. The van der Waals surface area contributed by atoms with E-state index in [4.69, 9.17) is 0 Å².